The number of aryl methyl sites for hydroxylation is 1. The molecule has 2 aromatic heterocycles. The number of nitrogens with one attached hydrogen (secondary N) is 1. The highest BCUT2D eigenvalue weighted by Gasteiger charge is 2.25. The van der Waals surface area contributed by atoms with Crippen molar-refractivity contribution in [1.82, 2.24) is 25.0 Å². The molecular weight excluding hydrogens is 436 g/mol. The van der Waals surface area contributed by atoms with E-state index >= 15 is 0 Å². The molecule has 0 aromatic carbocycles. The van der Waals surface area contributed by atoms with Crippen molar-refractivity contribution in [2.45, 2.75) is 89.5 Å². The first-order valence-corrected chi connectivity index (χ1v) is 14.3. The Hall–Kier alpha value is -2.15. The van der Waals surface area contributed by atoms with Crippen LogP contribution in [0.2, 0.25) is 0 Å². The maximum absolute atomic E-state index is 13.2. The highest BCUT2D eigenvalue weighted by Crippen LogP contribution is 2.28. The van der Waals surface area contributed by atoms with Gasteiger partial charge in [-0.05, 0) is 63.1 Å². The minimum absolute atomic E-state index is 0.0596. The molecule has 192 valence electrons. The molecule has 1 amide bonds. The van der Waals surface area contributed by atoms with Gasteiger partial charge in [-0.2, -0.15) is 5.10 Å². The van der Waals surface area contributed by atoms with E-state index in [2.05, 4.69) is 26.3 Å². The van der Waals surface area contributed by atoms with Gasteiger partial charge in [-0.1, -0.05) is 44.9 Å². The van der Waals surface area contributed by atoms with Gasteiger partial charge in [0.1, 0.15) is 5.82 Å². The molecule has 0 unspecified atom stereocenters. The Kier molecular flexibility index (Phi) is 8.22. The molecule has 2 aliphatic heterocycles. The van der Waals surface area contributed by atoms with Crippen molar-refractivity contribution in [3.63, 3.8) is 0 Å². The number of carbonyl (C=O) groups excluding carboxylic acids is 1. The van der Waals surface area contributed by atoms with Crippen molar-refractivity contribution in [2.75, 3.05) is 37.6 Å². The molecule has 35 heavy (non-hydrogen) atoms. The molecule has 0 radical (unpaired) electrons. The van der Waals surface area contributed by atoms with Gasteiger partial charge >= 0.3 is 0 Å². The first kappa shape index (κ1) is 24.5. The van der Waals surface area contributed by atoms with Gasteiger partial charge in [0.05, 0.1) is 5.39 Å². The quantitative estimate of drug-likeness (QED) is 0.610. The monoisotopic (exact) mass is 480 g/mol. The minimum atomic E-state index is -0.0596. The number of aromatic nitrogens is 3. The Morgan fingerprint density at radius 3 is 2.40 bits per heavy atom. The second-order valence-electron chi connectivity index (χ2n) is 11.1. The van der Waals surface area contributed by atoms with Crippen LogP contribution in [0, 0.1) is 5.92 Å². The van der Waals surface area contributed by atoms with Gasteiger partial charge in [0.15, 0.2) is 11.3 Å². The molecule has 3 aliphatic rings. The summed E-state index contributed by atoms with van der Waals surface area (Å²) < 4.78 is 1.76. The average Bonchev–Trinajstić information content (AvgIpc) is 3.04. The number of hydrogen-bond donors (Lipinski definition) is 1. The molecule has 2 saturated heterocycles. The summed E-state index contributed by atoms with van der Waals surface area (Å²) in [5.74, 6) is 1.92. The van der Waals surface area contributed by atoms with Gasteiger partial charge in [-0.25, -0.2) is 9.67 Å². The lowest BCUT2D eigenvalue weighted by Crippen LogP contribution is -2.45. The zero-order valence-corrected chi connectivity index (χ0v) is 21.7. The molecular formula is C28H44N6O. The van der Waals surface area contributed by atoms with Crippen molar-refractivity contribution in [3.8, 4) is 0 Å². The molecule has 1 aliphatic carbocycles. The first-order chi connectivity index (χ1) is 17.2. The van der Waals surface area contributed by atoms with Crippen LogP contribution in [0.3, 0.4) is 0 Å². The number of amides is 1. The third-order valence-corrected chi connectivity index (χ3v) is 8.55. The number of nitrogens with zero attached hydrogens (tertiary/aromatic N) is 5. The van der Waals surface area contributed by atoms with Crippen LogP contribution in [0.4, 0.5) is 5.82 Å². The topological polar surface area (TPSA) is 66.3 Å². The maximum Gasteiger partial charge on any atom is 0.272 e. The van der Waals surface area contributed by atoms with Crippen molar-refractivity contribution in [3.05, 3.63) is 17.8 Å². The second kappa shape index (κ2) is 11.7. The summed E-state index contributed by atoms with van der Waals surface area (Å²) in [6.45, 7) is 5.50. The van der Waals surface area contributed by atoms with Crippen molar-refractivity contribution >= 4 is 22.8 Å². The maximum atomic E-state index is 13.2. The van der Waals surface area contributed by atoms with Gasteiger partial charge in [0.2, 0.25) is 0 Å². The van der Waals surface area contributed by atoms with E-state index in [0.29, 0.717) is 5.69 Å². The van der Waals surface area contributed by atoms with Gasteiger partial charge in [-0.15, -0.1) is 0 Å². The molecule has 7 heteroatoms. The highest BCUT2D eigenvalue weighted by molar-refractivity contribution is 6.04. The molecule has 0 bridgehead atoms. The van der Waals surface area contributed by atoms with Crippen LogP contribution in [0.15, 0.2) is 12.1 Å². The number of anilines is 1. The SMILES string of the molecule is Cn1nc(C(=O)NC2CCN(CCCC3CCCCC3)CC2)c2ccc(N3CCCCCC3)nc21. The van der Waals surface area contributed by atoms with E-state index in [1.54, 1.807) is 4.68 Å². The standard InChI is InChI=1S/C28H44N6O/c1-32-27-24(13-14-25(30-27)34-18-7-2-3-8-19-34)26(31-32)28(35)29-23-15-20-33(21-16-23)17-9-12-22-10-5-4-6-11-22/h13-14,22-23H,2-12,15-21H2,1H3,(H,29,35). The number of fused-ring (bicyclic) bond motifs is 1. The number of likely N-dealkylation sites (tertiary alicyclic amines) is 1. The molecule has 7 nitrogen and oxygen atoms in total. The summed E-state index contributed by atoms with van der Waals surface area (Å²) in [4.78, 5) is 23.0. The lowest BCUT2D eigenvalue weighted by atomic mass is 9.86. The smallest absolute Gasteiger partial charge is 0.272 e. The summed E-state index contributed by atoms with van der Waals surface area (Å²) >= 11 is 0. The predicted molar refractivity (Wildman–Crippen MR) is 142 cm³/mol. The van der Waals surface area contributed by atoms with E-state index in [4.69, 9.17) is 4.98 Å². The Balaban J connectivity index is 1.13. The van der Waals surface area contributed by atoms with Gasteiger partial charge in [0.25, 0.3) is 5.91 Å². The number of carbonyl (C=O) groups is 1. The number of rotatable bonds is 7. The van der Waals surface area contributed by atoms with Crippen LogP contribution in [0.1, 0.15) is 94.0 Å². The summed E-state index contributed by atoms with van der Waals surface area (Å²) in [5.41, 5.74) is 1.30. The van der Waals surface area contributed by atoms with Crippen LogP contribution in [0.25, 0.3) is 11.0 Å². The van der Waals surface area contributed by atoms with Crippen LogP contribution in [0.5, 0.6) is 0 Å². The summed E-state index contributed by atoms with van der Waals surface area (Å²) in [6, 6.07) is 4.34. The Labute approximate surface area is 210 Å². The molecule has 2 aromatic rings. The zero-order valence-electron chi connectivity index (χ0n) is 21.7. The van der Waals surface area contributed by atoms with Gasteiger partial charge < -0.3 is 15.1 Å². The van der Waals surface area contributed by atoms with Gasteiger partial charge in [-0.3, -0.25) is 4.79 Å². The average molecular weight is 481 g/mol. The Bertz CT molecular complexity index is 965. The summed E-state index contributed by atoms with van der Waals surface area (Å²) in [6.07, 6.45) is 17.0. The zero-order chi connectivity index (χ0) is 24.0. The van der Waals surface area contributed by atoms with Crippen LogP contribution in [-0.4, -0.2) is 64.3 Å². The second-order valence-corrected chi connectivity index (χ2v) is 11.1. The van der Waals surface area contributed by atoms with E-state index in [-0.39, 0.29) is 11.9 Å². The van der Waals surface area contributed by atoms with E-state index in [0.717, 1.165) is 61.8 Å². The lowest BCUT2D eigenvalue weighted by Gasteiger charge is -2.32. The third kappa shape index (κ3) is 6.16. The fraction of sp³-hybridized carbons (Fsp3) is 0.750. The fourth-order valence-electron chi connectivity index (χ4n) is 6.40. The molecule has 5 rings (SSSR count). The van der Waals surface area contributed by atoms with Crippen LogP contribution >= 0.6 is 0 Å². The van der Waals surface area contributed by atoms with Crippen molar-refractivity contribution in [2.24, 2.45) is 13.0 Å². The van der Waals surface area contributed by atoms with Crippen molar-refractivity contribution < 1.29 is 4.79 Å². The molecule has 1 saturated carbocycles. The molecule has 3 fully saturated rings. The minimum Gasteiger partial charge on any atom is -0.357 e. The summed E-state index contributed by atoms with van der Waals surface area (Å²) in [7, 11) is 1.89. The highest BCUT2D eigenvalue weighted by atomic mass is 16.2. The third-order valence-electron chi connectivity index (χ3n) is 8.55. The van der Waals surface area contributed by atoms with E-state index < -0.39 is 0 Å². The van der Waals surface area contributed by atoms with E-state index in [1.165, 1.54) is 77.2 Å². The lowest BCUT2D eigenvalue weighted by molar-refractivity contribution is 0.0906. The van der Waals surface area contributed by atoms with E-state index in [1.807, 2.05) is 13.1 Å². The number of hydrogen-bond acceptors (Lipinski definition) is 5. The predicted octanol–water partition coefficient (Wildman–Crippen LogP) is 4.90. The Morgan fingerprint density at radius 1 is 0.943 bits per heavy atom. The first-order valence-electron chi connectivity index (χ1n) is 14.3. The normalized spacial score (nSPS) is 21.3. The number of piperidine rings is 1. The molecule has 4 heterocycles. The Morgan fingerprint density at radius 2 is 1.66 bits per heavy atom. The van der Waals surface area contributed by atoms with Crippen LogP contribution in [-0.2, 0) is 7.05 Å². The number of pyridine rings is 1. The summed E-state index contributed by atoms with van der Waals surface area (Å²) in [5, 5.41) is 8.70. The van der Waals surface area contributed by atoms with E-state index in [9.17, 15) is 4.79 Å². The van der Waals surface area contributed by atoms with Crippen molar-refractivity contribution in [1.29, 1.82) is 0 Å². The van der Waals surface area contributed by atoms with Gasteiger partial charge in [0, 0.05) is 39.3 Å². The van der Waals surface area contributed by atoms with Crippen LogP contribution < -0.4 is 10.2 Å². The largest absolute Gasteiger partial charge is 0.357 e. The molecule has 0 spiro atoms. The molecule has 1 N–H and O–H groups in total. The molecule has 0 atom stereocenters. The fourth-order valence-corrected chi connectivity index (χ4v) is 6.40.